The van der Waals surface area contributed by atoms with E-state index >= 15 is 0 Å². The highest BCUT2D eigenvalue weighted by molar-refractivity contribution is 7.74. The lowest BCUT2D eigenvalue weighted by molar-refractivity contribution is -0.00000447. The third kappa shape index (κ3) is 4.22. The highest BCUT2D eigenvalue weighted by Gasteiger charge is 2.33. The van der Waals surface area contributed by atoms with Gasteiger partial charge in [-0.05, 0) is 30.3 Å². The van der Waals surface area contributed by atoms with Gasteiger partial charge in [0.2, 0.25) is 0 Å². The zero-order valence-corrected chi connectivity index (χ0v) is 15.6. The molecule has 0 spiro atoms. The molecule has 0 saturated carbocycles. The summed E-state index contributed by atoms with van der Waals surface area (Å²) in [4.78, 5) is 0. The SMILES string of the molecule is COC=C1C=CC=CC1[PH+](c1ccccc1)c1ccccc1.[Br-]. The third-order valence-electron chi connectivity index (χ3n) is 3.80. The molecule has 0 fully saturated rings. The lowest BCUT2D eigenvalue weighted by Crippen LogP contribution is -3.00. The Morgan fingerprint density at radius 3 is 1.96 bits per heavy atom. The zero-order valence-electron chi connectivity index (χ0n) is 13.0. The monoisotopic (exact) mass is 386 g/mol. The summed E-state index contributed by atoms with van der Waals surface area (Å²) in [6.45, 7) is 0. The molecule has 0 bridgehead atoms. The predicted molar refractivity (Wildman–Crippen MR) is 97.6 cm³/mol. The number of hydrogen-bond donors (Lipinski definition) is 0. The molecule has 1 atom stereocenters. The third-order valence-corrected chi connectivity index (χ3v) is 6.86. The largest absolute Gasteiger partial charge is 1.00 e. The van der Waals surface area contributed by atoms with Crippen LogP contribution >= 0.6 is 7.92 Å². The fraction of sp³-hybridized carbons (Fsp3) is 0.100. The van der Waals surface area contributed by atoms with Crippen LogP contribution in [0, 0.1) is 0 Å². The van der Waals surface area contributed by atoms with Gasteiger partial charge in [-0.15, -0.1) is 0 Å². The second kappa shape index (κ2) is 8.86. The van der Waals surface area contributed by atoms with Crippen molar-refractivity contribution in [2.24, 2.45) is 0 Å². The van der Waals surface area contributed by atoms with Gasteiger partial charge in [0.1, 0.15) is 5.66 Å². The summed E-state index contributed by atoms with van der Waals surface area (Å²) >= 11 is 0. The molecule has 1 unspecified atom stereocenters. The van der Waals surface area contributed by atoms with Crippen LogP contribution in [0.5, 0.6) is 0 Å². The van der Waals surface area contributed by atoms with E-state index in [0.29, 0.717) is 5.66 Å². The van der Waals surface area contributed by atoms with Crippen LogP contribution in [0.15, 0.2) is 96.8 Å². The van der Waals surface area contributed by atoms with Crippen LogP contribution in [0.25, 0.3) is 0 Å². The molecule has 0 N–H and O–H groups in total. The average molecular weight is 387 g/mol. The molecule has 23 heavy (non-hydrogen) atoms. The maximum Gasteiger partial charge on any atom is 0.123 e. The highest BCUT2D eigenvalue weighted by Crippen LogP contribution is 2.45. The van der Waals surface area contributed by atoms with Gasteiger partial charge in [0.25, 0.3) is 0 Å². The second-order valence-electron chi connectivity index (χ2n) is 5.22. The summed E-state index contributed by atoms with van der Waals surface area (Å²) < 4.78 is 5.30. The molecule has 1 aliphatic carbocycles. The summed E-state index contributed by atoms with van der Waals surface area (Å²) in [5.74, 6) is 0. The van der Waals surface area contributed by atoms with Crippen molar-refractivity contribution in [3.8, 4) is 0 Å². The van der Waals surface area contributed by atoms with Crippen LogP contribution < -0.4 is 27.6 Å². The van der Waals surface area contributed by atoms with E-state index in [9.17, 15) is 0 Å². The Morgan fingerprint density at radius 2 is 1.43 bits per heavy atom. The Kier molecular flexibility index (Phi) is 6.83. The minimum absolute atomic E-state index is 0. The molecule has 0 heterocycles. The summed E-state index contributed by atoms with van der Waals surface area (Å²) in [5, 5.41) is 2.84. The highest BCUT2D eigenvalue weighted by atomic mass is 79.9. The first-order valence-electron chi connectivity index (χ1n) is 7.45. The van der Waals surface area contributed by atoms with Crippen molar-refractivity contribution in [2.75, 3.05) is 7.11 Å². The minimum atomic E-state index is -0.957. The van der Waals surface area contributed by atoms with Gasteiger partial charge in [-0.3, -0.25) is 0 Å². The van der Waals surface area contributed by atoms with E-state index in [1.807, 2.05) is 6.26 Å². The standard InChI is InChI=1S/C20H19OP.BrH/c1-21-16-17-10-8-9-15-20(17)22(18-11-4-2-5-12-18)19-13-6-3-7-14-19;/h2-16,20H,1H3;1H. The Bertz CT molecular complexity index is 653. The van der Waals surface area contributed by atoms with Crippen LogP contribution in [0.1, 0.15) is 0 Å². The molecule has 1 nitrogen and oxygen atoms in total. The summed E-state index contributed by atoms with van der Waals surface area (Å²) in [5.41, 5.74) is 1.62. The molecule has 0 saturated heterocycles. The topological polar surface area (TPSA) is 9.23 Å². The molecular weight excluding hydrogens is 367 g/mol. The number of methoxy groups -OCH3 is 1. The van der Waals surface area contributed by atoms with E-state index in [4.69, 9.17) is 4.74 Å². The summed E-state index contributed by atoms with van der Waals surface area (Å²) in [6.07, 6.45) is 10.6. The van der Waals surface area contributed by atoms with Gasteiger partial charge in [0, 0.05) is 5.57 Å². The Hall–Kier alpha value is -1.63. The van der Waals surface area contributed by atoms with Crippen molar-refractivity contribution in [1.29, 1.82) is 0 Å². The molecule has 0 radical (unpaired) electrons. The summed E-state index contributed by atoms with van der Waals surface area (Å²) in [7, 11) is 0.759. The molecule has 3 heteroatoms. The van der Waals surface area contributed by atoms with E-state index in [2.05, 4.69) is 85.0 Å². The van der Waals surface area contributed by atoms with Gasteiger partial charge < -0.3 is 21.7 Å². The first-order chi connectivity index (χ1) is 10.9. The molecule has 0 amide bonds. The van der Waals surface area contributed by atoms with Gasteiger partial charge in [0.15, 0.2) is 0 Å². The van der Waals surface area contributed by atoms with Gasteiger partial charge in [0.05, 0.1) is 31.9 Å². The normalized spacial score (nSPS) is 18.0. The fourth-order valence-electron chi connectivity index (χ4n) is 2.83. The molecular formula is C20H20BrOP. The van der Waals surface area contributed by atoms with E-state index < -0.39 is 7.92 Å². The molecule has 2 aromatic rings. The van der Waals surface area contributed by atoms with E-state index in [1.54, 1.807) is 7.11 Å². The number of halogens is 1. The quantitative estimate of drug-likeness (QED) is 0.559. The minimum Gasteiger partial charge on any atom is -1.00 e. The van der Waals surface area contributed by atoms with E-state index in [0.717, 1.165) is 0 Å². The van der Waals surface area contributed by atoms with Crippen LogP contribution in [0.3, 0.4) is 0 Å². The Labute approximate surface area is 149 Å². The van der Waals surface area contributed by atoms with Crippen LogP contribution in [0.2, 0.25) is 0 Å². The van der Waals surface area contributed by atoms with Gasteiger partial charge >= 0.3 is 0 Å². The predicted octanol–water partition coefficient (Wildman–Crippen LogP) is 0.880. The Balaban J connectivity index is 0.00000192. The second-order valence-corrected chi connectivity index (χ2v) is 7.83. The molecule has 1 aliphatic rings. The van der Waals surface area contributed by atoms with Crippen molar-refractivity contribution >= 4 is 18.5 Å². The number of hydrogen-bond acceptors (Lipinski definition) is 1. The molecule has 0 aliphatic heterocycles. The first-order valence-corrected chi connectivity index (χ1v) is 9.03. The molecule has 118 valence electrons. The van der Waals surface area contributed by atoms with Gasteiger partial charge in [-0.1, -0.05) is 54.6 Å². The van der Waals surface area contributed by atoms with Crippen LogP contribution in [0.4, 0.5) is 0 Å². The van der Waals surface area contributed by atoms with Crippen molar-refractivity contribution in [1.82, 2.24) is 0 Å². The van der Waals surface area contributed by atoms with Crippen molar-refractivity contribution in [3.05, 3.63) is 96.8 Å². The van der Waals surface area contributed by atoms with E-state index in [-0.39, 0.29) is 17.0 Å². The van der Waals surface area contributed by atoms with Crippen LogP contribution in [-0.2, 0) is 4.74 Å². The van der Waals surface area contributed by atoms with Gasteiger partial charge in [-0.2, -0.15) is 0 Å². The Morgan fingerprint density at radius 1 is 0.870 bits per heavy atom. The molecule has 2 aromatic carbocycles. The number of allylic oxidation sites excluding steroid dienone is 5. The van der Waals surface area contributed by atoms with Gasteiger partial charge in [-0.25, -0.2) is 0 Å². The number of benzene rings is 2. The maximum atomic E-state index is 5.30. The van der Waals surface area contributed by atoms with E-state index in [1.165, 1.54) is 16.2 Å². The number of rotatable bonds is 4. The van der Waals surface area contributed by atoms with Crippen molar-refractivity contribution in [2.45, 2.75) is 5.66 Å². The van der Waals surface area contributed by atoms with Crippen LogP contribution in [-0.4, -0.2) is 12.8 Å². The smallest absolute Gasteiger partial charge is 0.123 e. The first kappa shape index (κ1) is 17.7. The zero-order chi connectivity index (χ0) is 15.2. The van der Waals surface area contributed by atoms with Crippen molar-refractivity contribution in [3.63, 3.8) is 0 Å². The molecule has 3 rings (SSSR count). The maximum absolute atomic E-state index is 5.30. The fourth-order valence-corrected chi connectivity index (χ4v) is 5.79. The number of ether oxygens (including phenoxy) is 1. The molecule has 0 aromatic heterocycles. The van der Waals surface area contributed by atoms with Crippen molar-refractivity contribution < 1.29 is 21.7 Å². The summed E-state index contributed by atoms with van der Waals surface area (Å²) in [6, 6.07) is 21.7. The lowest BCUT2D eigenvalue weighted by atomic mass is 10.1. The lowest BCUT2D eigenvalue weighted by Gasteiger charge is -2.21. The average Bonchev–Trinajstić information content (AvgIpc) is 2.59.